The third kappa shape index (κ3) is 75.4. The molecule has 17 nitrogen and oxygen atoms in total. The molecule has 0 bridgehead atoms. The molecule has 0 aliphatic carbocycles. The van der Waals surface area contributed by atoms with Crippen molar-refractivity contribution in [3.8, 4) is 0 Å². The number of rotatable bonds is 75. The van der Waals surface area contributed by atoms with Gasteiger partial charge in [0.05, 0.1) is 26.4 Å². The van der Waals surface area contributed by atoms with Crippen molar-refractivity contribution in [2.45, 2.75) is 341 Å². The first-order chi connectivity index (χ1) is 50.7. The number of allylic oxidation sites excluding steroid dienone is 22. The molecule has 0 aromatic rings. The fraction of sp³-hybridized carbons (Fsp3) is 0.694. The Morgan fingerprint density at radius 1 is 0.279 bits per heavy atom. The minimum absolute atomic E-state index is 0.0691. The van der Waals surface area contributed by atoms with Crippen LogP contribution in [0.4, 0.5) is 0 Å². The maximum absolute atomic E-state index is 13.1. The van der Waals surface area contributed by atoms with Crippen molar-refractivity contribution in [3.63, 3.8) is 0 Å². The van der Waals surface area contributed by atoms with Gasteiger partial charge in [-0.3, -0.25) is 37.3 Å². The molecule has 0 saturated heterocycles. The van der Waals surface area contributed by atoms with Crippen LogP contribution in [0.25, 0.3) is 0 Å². The number of hydrogen-bond acceptors (Lipinski definition) is 15. The molecule has 3 N–H and O–H groups in total. The summed E-state index contributed by atoms with van der Waals surface area (Å²) < 4.78 is 68.6. The number of aliphatic hydroxyl groups is 1. The van der Waals surface area contributed by atoms with Crippen LogP contribution in [0.2, 0.25) is 0 Å². The maximum Gasteiger partial charge on any atom is 0.472 e. The molecule has 5 unspecified atom stereocenters. The monoisotopic (exact) mass is 1500 g/mol. The van der Waals surface area contributed by atoms with E-state index in [1.807, 2.05) is 0 Å². The highest BCUT2D eigenvalue weighted by molar-refractivity contribution is 7.47. The number of carbonyl (C=O) groups is 4. The highest BCUT2D eigenvalue weighted by Gasteiger charge is 2.30. The molecule has 19 heteroatoms. The molecular weight excluding hydrogens is 1350 g/mol. The van der Waals surface area contributed by atoms with Gasteiger partial charge in [0.2, 0.25) is 0 Å². The Morgan fingerprint density at radius 3 is 0.798 bits per heavy atom. The van der Waals surface area contributed by atoms with Crippen LogP contribution in [0.1, 0.15) is 323 Å². The number of hydrogen-bond donors (Lipinski definition) is 3. The average molecular weight is 1500 g/mol. The minimum atomic E-state index is -4.99. The normalized spacial score (nSPS) is 14.6. The zero-order valence-electron chi connectivity index (χ0n) is 65.2. The van der Waals surface area contributed by atoms with Gasteiger partial charge in [0.25, 0.3) is 0 Å². The standard InChI is InChI=1S/C85H144O17P2/c1-5-9-13-17-21-25-29-33-36-38-39-41-44-47-50-54-58-62-66-70-83(88)96-76-81(102-85(90)72-68-64-60-56-52-48-42-35-31-27-23-19-15-11-7-3)78-100-104(93,94)98-74-79(86)73-97-103(91,92)99-77-80(101-84(89)71-67-63-59-55-51-45-32-28-24-20-16-12-8-4)75-95-82(87)69-65-61-57-53-49-46-43-40-37-34-30-26-22-18-14-10-6-2/h10-11,14-15,21-23,25-28,32-37,39,41-43,46,79-81,86H,5-9,12-13,16-20,24,29-31,38,40,44-45,47-78H2,1-4H3,(H,91,92)(H,93,94)/b14-10-,15-11-,25-21-,26-22-,27-23-,32-28-,36-33-,37-34-,41-39-,42-35-,46-43-. The summed E-state index contributed by atoms with van der Waals surface area (Å²) in [6.45, 7) is 4.55. The molecule has 104 heavy (non-hydrogen) atoms. The average Bonchev–Trinajstić information content (AvgIpc) is 0.918. The van der Waals surface area contributed by atoms with Crippen LogP contribution in [-0.2, 0) is 65.4 Å². The summed E-state index contributed by atoms with van der Waals surface area (Å²) >= 11 is 0. The van der Waals surface area contributed by atoms with Crippen molar-refractivity contribution < 1.29 is 80.2 Å². The van der Waals surface area contributed by atoms with Crippen LogP contribution >= 0.6 is 15.6 Å². The number of aliphatic hydroxyl groups excluding tert-OH is 1. The molecule has 0 fully saturated rings. The van der Waals surface area contributed by atoms with Crippen LogP contribution in [0, 0.1) is 0 Å². The summed E-state index contributed by atoms with van der Waals surface area (Å²) in [4.78, 5) is 73.1. The second-order valence-electron chi connectivity index (χ2n) is 26.6. The molecule has 0 heterocycles. The quantitative estimate of drug-likeness (QED) is 0.0169. The molecule has 0 amide bonds. The highest BCUT2D eigenvalue weighted by Crippen LogP contribution is 2.45. The fourth-order valence-electron chi connectivity index (χ4n) is 10.5. The molecular formula is C85H144O17P2. The van der Waals surface area contributed by atoms with Gasteiger partial charge >= 0.3 is 39.5 Å². The Bertz CT molecular complexity index is 2490. The molecule has 0 saturated carbocycles. The van der Waals surface area contributed by atoms with Crippen LogP contribution in [-0.4, -0.2) is 96.7 Å². The van der Waals surface area contributed by atoms with Gasteiger partial charge in [-0.2, -0.15) is 0 Å². The van der Waals surface area contributed by atoms with E-state index in [0.717, 1.165) is 199 Å². The molecule has 0 aromatic heterocycles. The summed E-state index contributed by atoms with van der Waals surface area (Å²) in [5.74, 6) is -2.24. The second kappa shape index (κ2) is 76.4. The number of ether oxygens (including phenoxy) is 4. The van der Waals surface area contributed by atoms with Gasteiger partial charge in [0.1, 0.15) is 19.3 Å². The van der Waals surface area contributed by atoms with Gasteiger partial charge < -0.3 is 33.8 Å². The van der Waals surface area contributed by atoms with Crippen molar-refractivity contribution in [2.24, 2.45) is 0 Å². The van der Waals surface area contributed by atoms with Crippen molar-refractivity contribution in [3.05, 3.63) is 134 Å². The molecule has 0 aliphatic heterocycles. The maximum atomic E-state index is 13.1. The second-order valence-corrected chi connectivity index (χ2v) is 29.5. The molecule has 596 valence electrons. The van der Waals surface area contributed by atoms with E-state index >= 15 is 0 Å². The molecule has 0 radical (unpaired) electrons. The van der Waals surface area contributed by atoms with Crippen LogP contribution < -0.4 is 0 Å². The number of unbranched alkanes of at least 4 members (excludes halogenated alkanes) is 27. The lowest BCUT2D eigenvalue weighted by Gasteiger charge is -2.21. The summed E-state index contributed by atoms with van der Waals surface area (Å²) in [6.07, 6.45) is 85.6. The predicted molar refractivity (Wildman–Crippen MR) is 427 cm³/mol. The van der Waals surface area contributed by atoms with Crippen LogP contribution in [0.15, 0.2) is 134 Å². The summed E-state index contributed by atoms with van der Waals surface area (Å²) in [7, 11) is -9.98. The van der Waals surface area contributed by atoms with Crippen molar-refractivity contribution in [1.29, 1.82) is 0 Å². The summed E-state index contributed by atoms with van der Waals surface area (Å²) in [5.41, 5.74) is 0. The zero-order chi connectivity index (χ0) is 76.0. The number of phosphoric acid groups is 2. The van der Waals surface area contributed by atoms with E-state index in [0.29, 0.717) is 25.7 Å². The number of esters is 4. The van der Waals surface area contributed by atoms with Gasteiger partial charge in [-0.15, -0.1) is 0 Å². The van der Waals surface area contributed by atoms with E-state index in [9.17, 15) is 43.2 Å². The first-order valence-electron chi connectivity index (χ1n) is 40.4. The third-order valence-electron chi connectivity index (χ3n) is 16.6. The van der Waals surface area contributed by atoms with Gasteiger partial charge in [0.15, 0.2) is 12.2 Å². The first kappa shape index (κ1) is 99.2. The Morgan fingerprint density at radius 2 is 0.500 bits per heavy atom. The van der Waals surface area contributed by atoms with Gasteiger partial charge in [0, 0.05) is 25.7 Å². The lowest BCUT2D eigenvalue weighted by Crippen LogP contribution is -2.30. The SMILES string of the molecule is CC/C=C\C/C=C\C/C=C\C/C=C\CCCCCCC(=O)OCC(COP(=O)(O)OCC(O)COP(=O)(O)OCC(COC(=O)CCCCCCCC/C=C\C/C=C\C/C=C\CCCCC)OC(=O)CCCCCCC/C=C\C/C=C\C/C=C\CC)OC(=O)CCCCCCC/C=C\CCCCCC. The predicted octanol–water partition coefficient (Wildman–Crippen LogP) is 23.7. The topological polar surface area (TPSA) is 237 Å². The first-order valence-corrected chi connectivity index (χ1v) is 43.4. The largest absolute Gasteiger partial charge is 0.472 e. The Kier molecular flexibility index (Phi) is 72.9. The highest BCUT2D eigenvalue weighted by atomic mass is 31.2. The van der Waals surface area contributed by atoms with Gasteiger partial charge in [-0.05, 0) is 161 Å². The van der Waals surface area contributed by atoms with E-state index in [-0.39, 0.29) is 25.7 Å². The smallest absolute Gasteiger partial charge is 0.462 e. The Hall–Kier alpha value is -4.80. The van der Waals surface area contributed by atoms with Crippen molar-refractivity contribution >= 4 is 39.5 Å². The van der Waals surface area contributed by atoms with E-state index in [4.69, 9.17) is 37.0 Å². The molecule has 0 aromatic carbocycles. The Labute approximate surface area is 631 Å². The molecule has 0 aliphatic rings. The van der Waals surface area contributed by atoms with Crippen molar-refractivity contribution in [2.75, 3.05) is 39.6 Å². The number of phosphoric ester groups is 2. The minimum Gasteiger partial charge on any atom is -0.462 e. The zero-order valence-corrected chi connectivity index (χ0v) is 66.9. The molecule has 5 atom stereocenters. The van der Waals surface area contributed by atoms with E-state index in [2.05, 4.69) is 161 Å². The van der Waals surface area contributed by atoms with Crippen LogP contribution in [0.5, 0.6) is 0 Å². The van der Waals surface area contributed by atoms with E-state index in [1.165, 1.54) is 44.9 Å². The summed E-state index contributed by atoms with van der Waals surface area (Å²) in [5, 5.41) is 10.6. The summed E-state index contributed by atoms with van der Waals surface area (Å²) in [6, 6.07) is 0. The lowest BCUT2D eigenvalue weighted by atomic mass is 10.1. The molecule has 0 rings (SSSR count). The fourth-order valence-corrected chi connectivity index (χ4v) is 12.0. The van der Waals surface area contributed by atoms with E-state index < -0.39 is 97.5 Å². The molecule has 0 spiro atoms. The van der Waals surface area contributed by atoms with Gasteiger partial charge in [-0.1, -0.05) is 271 Å². The third-order valence-corrected chi connectivity index (χ3v) is 18.5. The Balaban J connectivity index is 5.39. The number of carbonyl (C=O) groups excluding carboxylic acids is 4. The van der Waals surface area contributed by atoms with Crippen LogP contribution in [0.3, 0.4) is 0 Å². The van der Waals surface area contributed by atoms with Crippen molar-refractivity contribution in [1.82, 2.24) is 0 Å². The lowest BCUT2D eigenvalue weighted by molar-refractivity contribution is -0.161. The van der Waals surface area contributed by atoms with E-state index in [1.54, 1.807) is 0 Å². The van der Waals surface area contributed by atoms with Gasteiger partial charge in [-0.25, -0.2) is 9.13 Å².